The average Bonchev–Trinajstić information content (AvgIpc) is 3.23. The van der Waals surface area contributed by atoms with Gasteiger partial charge in [0.25, 0.3) is 6.01 Å². The van der Waals surface area contributed by atoms with Crippen LogP contribution in [-0.4, -0.2) is 17.6 Å². The van der Waals surface area contributed by atoms with E-state index < -0.39 is 0 Å². The highest BCUT2D eigenvalue weighted by Crippen LogP contribution is 2.38. The minimum Gasteiger partial charge on any atom is -0.423 e. The zero-order valence-electron chi connectivity index (χ0n) is 10.3. The van der Waals surface area contributed by atoms with Crippen molar-refractivity contribution in [1.29, 1.82) is 0 Å². The Labute approximate surface area is 106 Å². The fourth-order valence-electron chi connectivity index (χ4n) is 2.40. The zero-order valence-corrected chi connectivity index (χ0v) is 10.3. The minimum atomic E-state index is 0.649. The standard InChI is InChI=1S/C14H17N3O/c15-10-3-6-12-13(7-10)18-14(16-12)17(11-4-5-11)8-9-1-2-9/h3,6-7,9,11H,1-2,4-5,8,15H2. The van der Waals surface area contributed by atoms with Crippen molar-refractivity contribution in [2.24, 2.45) is 5.92 Å². The van der Waals surface area contributed by atoms with Gasteiger partial charge in [-0.25, -0.2) is 0 Å². The SMILES string of the molecule is Nc1ccc2nc(N(CC3CC3)C3CC3)oc2c1. The molecule has 0 spiro atoms. The Balaban J connectivity index is 1.70. The van der Waals surface area contributed by atoms with Crippen LogP contribution in [0.15, 0.2) is 22.6 Å². The molecule has 2 aliphatic carbocycles. The topological polar surface area (TPSA) is 55.3 Å². The first-order valence-electron chi connectivity index (χ1n) is 6.72. The van der Waals surface area contributed by atoms with Gasteiger partial charge in [0, 0.05) is 24.3 Å². The van der Waals surface area contributed by atoms with Gasteiger partial charge in [0.05, 0.1) is 0 Å². The molecular weight excluding hydrogens is 226 g/mol. The van der Waals surface area contributed by atoms with Crippen LogP contribution >= 0.6 is 0 Å². The van der Waals surface area contributed by atoms with Gasteiger partial charge >= 0.3 is 0 Å². The van der Waals surface area contributed by atoms with Crippen molar-refractivity contribution < 1.29 is 4.42 Å². The number of aromatic nitrogens is 1. The van der Waals surface area contributed by atoms with Crippen LogP contribution in [0, 0.1) is 5.92 Å². The lowest BCUT2D eigenvalue weighted by molar-refractivity contribution is 0.553. The molecule has 0 unspecified atom stereocenters. The van der Waals surface area contributed by atoms with Crippen molar-refractivity contribution >= 4 is 22.8 Å². The van der Waals surface area contributed by atoms with Gasteiger partial charge in [-0.3, -0.25) is 0 Å². The Kier molecular flexibility index (Phi) is 2.07. The smallest absolute Gasteiger partial charge is 0.298 e. The number of anilines is 2. The van der Waals surface area contributed by atoms with Crippen molar-refractivity contribution in [3.63, 3.8) is 0 Å². The fourth-order valence-corrected chi connectivity index (χ4v) is 2.40. The van der Waals surface area contributed by atoms with Crippen molar-refractivity contribution in [3.05, 3.63) is 18.2 Å². The first-order chi connectivity index (χ1) is 8.79. The quantitative estimate of drug-likeness (QED) is 0.839. The Morgan fingerprint density at radius 1 is 1.28 bits per heavy atom. The van der Waals surface area contributed by atoms with Crippen LogP contribution in [0.5, 0.6) is 0 Å². The molecule has 2 saturated carbocycles. The Hall–Kier alpha value is -1.71. The maximum absolute atomic E-state index is 5.88. The number of hydrogen-bond donors (Lipinski definition) is 1. The van der Waals surface area contributed by atoms with E-state index >= 15 is 0 Å². The number of nitrogen functional groups attached to an aromatic ring is 1. The molecule has 1 heterocycles. The van der Waals surface area contributed by atoms with E-state index in [9.17, 15) is 0 Å². The summed E-state index contributed by atoms with van der Waals surface area (Å²) >= 11 is 0. The summed E-state index contributed by atoms with van der Waals surface area (Å²) in [6.07, 6.45) is 5.26. The second-order valence-corrected chi connectivity index (χ2v) is 5.55. The van der Waals surface area contributed by atoms with Crippen LogP contribution in [0.3, 0.4) is 0 Å². The molecule has 4 nitrogen and oxygen atoms in total. The van der Waals surface area contributed by atoms with Crippen molar-refractivity contribution in [2.75, 3.05) is 17.2 Å². The number of fused-ring (bicyclic) bond motifs is 1. The first kappa shape index (κ1) is 10.2. The van der Waals surface area contributed by atoms with Crippen LogP contribution in [0.4, 0.5) is 11.7 Å². The second-order valence-electron chi connectivity index (χ2n) is 5.55. The van der Waals surface area contributed by atoms with Crippen molar-refractivity contribution in [3.8, 4) is 0 Å². The van der Waals surface area contributed by atoms with Gasteiger partial charge < -0.3 is 15.1 Å². The molecule has 0 bridgehead atoms. The third-order valence-electron chi connectivity index (χ3n) is 3.79. The van der Waals surface area contributed by atoms with Gasteiger partial charge in [-0.15, -0.1) is 0 Å². The molecule has 0 amide bonds. The first-order valence-corrected chi connectivity index (χ1v) is 6.72. The molecule has 1 aromatic carbocycles. The zero-order chi connectivity index (χ0) is 12.1. The lowest BCUT2D eigenvalue weighted by Crippen LogP contribution is -2.28. The Morgan fingerprint density at radius 2 is 2.11 bits per heavy atom. The number of rotatable bonds is 4. The average molecular weight is 243 g/mol. The summed E-state index contributed by atoms with van der Waals surface area (Å²) in [5.41, 5.74) is 8.20. The Morgan fingerprint density at radius 3 is 2.83 bits per heavy atom. The van der Waals surface area contributed by atoms with Crippen LogP contribution in [0.1, 0.15) is 25.7 Å². The van der Waals surface area contributed by atoms with E-state index in [4.69, 9.17) is 10.2 Å². The highest BCUT2D eigenvalue weighted by molar-refractivity contribution is 5.78. The van der Waals surface area contributed by atoms with E-state index in [0.717, 1.165) is 35.3 Å². The molecule has 0 aliphatic heterocycles. The number of benzene rings is 1. The third kappa shape index (κ3) is 1.82. The molecule has 2 aliphatic rings. The maximum atomic E-state index is 5.88. The second kappa shape index (κ2) is 3.64. The van der Waals surface area contributed by atoms with Crippen LogP contribution in [0.25, 0.3) is 11.1 Å². The van der Waals surface area contributed by atoms with Crippen LogP contribution in [0.2, 0.25) is 0 Å². The Bertz CT molecular complexity index is 584. The predicted molar refractivity (Wildman–Crippen MR) is 71.5 cm³/mol. The van der Waals surface area contributed by atoms with Crippen molar-refractivity contribution in [1.82, 2.24) is 4.98 Å². The molecule has 0 radical (unpaired) electrons. The lowest BCUT2D eigenvalue weighted by atomic mass is 10.3. The van der Waals surface area contributed by atoms with Gasteiger partial charge in [-0.2, -0.15) is 4.98 Å². The van der Waals surface area contributed by atoms with Gasteiger partial charge in [0.15, 0.2) is 5.58 Å². The molecule has 0 atom stereocenters. The third-order valence-corrected chi connectivity index (χ3v) is 3.79. The number of nitrogens with two attached hydrogens (primary N) is 1. The summed E-state index contributed by atoms with van der Waals surface area (Å²) in [6, 6.07) is 7.09. The summed E-state index contributed by atoms with van der Waals surface area (Å²) in [6.45, 7) is 1.10. The molecule has 94 valence electrons. The molecular formula is C14H17N3O. The molecule has 1 aromatic heterocycles. The monoisotopic (exact) mass is 243 g/mol. The summed E-state index contributed by atoms with van der Waals surface area (Å²) in [7, 11) is 0. The van der Waals surface area contributed by atoms with Gasteiger partial charge in [0.2, 0.25) is 0 Å². The summed E-state index contributed by atoms with van der Waals surface area (Å²) in [5.74, 6) is 0.852. The van der Waals surface area contributed by atoms with Crippen molar-refractivity contribution in [2.45, 2.75) is 31.7 Å². The van der Waals surface area contributed by atoms with Gasteiger partial charge in [0.1, 0.15) is 5.52 Å². The fraction of sp³-hybridized carbons (Fsp3) is 0.500. The molecule has 2 fully saturated rings. The predicted octanol–water partition coefficient (Wildman–Crippen LogP) is 2.79. The minimum absolute atomic E-state index is 0.649. The molecule has 2 N–H and O–H groups in total. The summed E-state index contributed by atoms with van der Waals surface area (Å²) < 4.78 is 5.88. The van der Waals surface area contributed by atoms with Gasteiger partial charge in [-0.05, 0) is 43.7 Å². The summed E-state index contributed by atoms with van der Waals surface area (Å²) in [5, 5.41) is 0. The highest BCUT2D eigenvalue weighted by Gasteiger charge is 2.36. The van der Waals surface area contributed by atoms with E-state index in [-0.39, 0.29) is 0 Å². The van der Waals surface area contributed by atoms with E-state index in [1.807, 2.05) is 18.2 Å². The van der Waals surface area contributed by atoms with E-state index in [1.165, 1.54) is 25.7 Å². The summed E-state index contributed by atoms with van der Waals surface area (Å²) in [4.78, 5) is 6.95. The van der Waals surface area contributed by atoms with Crippen LogP contribution < -0.4 is 10.6 Å². The lowest BCUT2D eigenvalue weighted by Gasteiger charge is -2.19. The number of oxazole rings is 1. The van der Waals surface area contributed by atoms with Gasteiger partial charge in [-0.1, -0.05) is 0 Å². The normalized spacial score (nSPS) is 19.3. The number of hydrogen-bond acceptors (Lipinski definition) is 4. The van der Waals surface area contributed by atoms with E-state index in [0.29, 0.717) is 6.04 Å². The highest BCUT2D eigenvalue weighted by atomic mass is 16.4. The van der Waals surface area contributed by atoms with E-state index in [2.05, 4.69) is 9.88 Å². The molecule has 0 saturated heterocycles. The largest absolute Gasteiger partial charge is 0.423 e. The van der Waals surface area contributed by atoms with E-state index in [1.54, 1.807) is 0 Å². The molecule has 2 aromatic rings. The molecule has 4 rings (SSSR count). The number of nitrogens with zero attached hydrogens (tertiary/aromatic N) is 2. The molecule has 18 heavy (non-hydrogen) atoms. The van der Waals surface area contributed by atoms with Crippen LogP contribution in [-0.2, 0) is 0 Å². The maximum Gasteiger partial charge on any atom is 0.298 e. The molecule has 4 heteroatoms.